The van der Waals surface area contributed by atoms with Crippen LogP contribution in [-0.4, -0.2) is 55.7 Å². The van der Waals surface area contributed by atoms with E-state index in [1.54, 1.807) is 6.92 Å². The molecule has 2 amide bonds. The monoisotopic (exact) mass is 239 g/mol. The maximum atomic E-state index is 12.0. The van der Waals surface area contributed by atoms with E-state index in [9.17, 15) is 14.7 Å². The van der Waals surface area contributed by atoms with Crippen molar-refractivity contribution in [3.8, 4) is 0 Å². The van der Waals surface area contributed by atoms with E-state index in [-0.39, 0.29) is 18.8 Å². The minimum absolute atomic E-state index is 0.0251. The van der Waals surface area contributed by atoms with Crippen LogP contribution in [0.4, 0.5) is 0 Å². The van der Waals surface area contributed by atoms with E-state index < -0.39 is 24.0 Å². The molecule has 2 heterocycles. The zero-order valence-electron chi connectivity index (χ0n) is 9.25. The van der Waals surface area contributed by atoms with Crippen molar-refractivity contribution in [3.05, 3.63) is 11.6 Å². The molecule has 92 valence electrons. The summed E-state index contributed by atoms with van der Waals surface area (Å²) >= 11 is 0. The third kappa shape index (κ3) is 2.11. The topological polar surface area (TPSA) is 125 Å². The molecule has 1 aliphatic heterocycles. The van der Waals surface area contributed by atoms with Crippen LogP contribution in [-0.2, 0) is 4.79 Å². The molecule has 0 radical (unpaired) electrons. The van der Waals surface area contributed by atoms with Gasteiger partial charge in [-0.3, -0.25) is 14.7 Å². The van der Waals surface area contributed by atoms with Gasteiger partial charge in [-0.2, -0.15) is 0 Å². The molecule has 1 aromatic heterocycles. The molecule has 0 aliphatic carbocycles. The molecule has 2 rings (SSSR count). The van der Waals surface area contributed by atoms with Gasteiger partial charge >= 0.3 is 0 Å². The fourth-order valence-corrected chi connectivity index (χ4v) is 1.87. The van der Waals surface area contributed by atoms with Gasteiger partial charge in [0.05, 0.1) is 6.10 Å². The number of amides is 2. The second kappa shape index (κ2) is 4.13. The second-order valence-corrected chi connectivity index (χ2v) is 4.01. The summed E-state index contributed by atoms with van der Waals surface area (Å²) in [5.41, 5.74) is 5.18. The molecule has 0 saturated carbocycles. The number of aliphatic hydroxyl groups excluding tert-OH is 1. The summed E-state index contributed by atoms with van der Waals surface area (Å²) in [5.74, 6) is -0.663. The van der Waals surface area contributed by atoms with Crippen molar-refractivity contribution in [1.29, 1.82) is 0 Å². The van der Waals surface area contributed by atoms with Crippen LogP contribution < -0.4 is 5.73 Å². The SMILES string of the molecule is Cc1nc(C(=O)N2CC(O)CC2C(N)=O)n[nH]1. The zero-order chi connectivity index (χ0) is 12.6. The lowest BCUT2D eigenvalue weighted by molar-refractivity contribution is -0.121. The summed E-state index contributed by atoms with van der Waals surface area (Å²) in [5, 5.41) is 15.7. The minimum Gasteiger partial charge on any atom is -0.391 e. The number of aromatic amines is 1. The van der Waals surface area contributed by atoms with Crippen molar-refractivity contribution < 1.29 is 14.7 Å². The van der Waals surface area contributed by atoms with Crippen LogP contribution in [0.1, 0.15) is 22.9 Å². The van der Waals surface area contributed by atoms with Gasteiger partial charge in [0, 0.05) is 13.0 Å². The number of aromatic nitrogens is 3. The molecular weight excluding hydrogens is 226 g/mol. The number of nitrogens with two attached hydrogens (primary N) is 1. The van der Waals surface area contributed by atoms with Crippen molar-refractivity contribution in [2.75, 3.05) is 6.54 Å². The quantitative estimate of drug-likeness (QED) is 0.560. The lowest BCUT2D eigenvalue weighted by Gasteiger charge is -2.19. The lowest BCUT2D eigenvalue weighted by atomic mass is 10.2. The number of hydrogen-bond acceptors (Lipinski definition) is 5. The van der Waals surface area contributed by atoms with E-state index in [1.165, 1.54) is 4.90 Å². The fourth-order valence-electron chi connectivity index (χ4n) is 1.87. The fraction of sp³-hybridized carbons (Fsp3) is 0.556. The molecule has 17 heavy (non-hydrogen) atoms. The number of aryl methyl sites for hydroxylation is 1. The molecule has 0 spiro atoms. The van der Waals surface area contributed by atoms with Crippen LogP contribution in [0.25, 0.3) is 0 Å². The van der Waals surface area contributed by atoms with Crippen molar-refractivity contribution in [2.45, 2.75) is 25.5 Å². The highest BCUT2D eigenvalue weighted by Gasteiger charge is 2.39. The van der Waals surface area contributed by atoms with Gasteiger partial charge in [-0.25, -0.2) is 4.98 Å². The van der Waals surface area contributed by atoms with Crippen LogP contribution in [0, 0.1) is 6.92 Å². The van der Waals surface area contributed by atoms with Gasteiger partial charge in [0.1, 0.15) is 11.9 Å². The highest BCUT2D eigenvalue weighted by molar-refractivity contribution is 5.95. The highest BCUT2D eigenvalue weighted by atomic mass is 16.3. The van der Waals surface area contributed by atoms with Gasteiger partial charge in [0.2, 0.25) is 11.7 Å². The predicted octanol–water partition coefficient (Wildman–Crippen LogP) is -1.83. The Labute approximate surface area is 96.8 Å². The number of nitrogens with one attached hydrogen (secondary N) is 1. The van der Waals surface area contributed by atoms with E-state index in [1.807, 2.05) is 0 Å². The largest absolute Gasteiger partial charge is 0.391 e. The minimum atomic E-state index is -0.795. The Morgan fingerprint density at radius 2 is 2.29 bits per heavy atom. The smallest absolute Gasteiger partial charge is 0.294 e. The Hall–Kier alpha value is -1.96. The van der Waals surface area contributed by atoms with Gasteiger partial charge in [0.15, 0.2) is 0 Å². The summed E-state index contributed by atoms with van der Waals surface area (Å²) in [4.78, 5) is 28.2. The van der Waals surface area contributed by atoms with E-state index in [2.05, 4.69) is 15.2 Å². The Morgan fingerprint density at radius 1 is 1.59 bits per heavy atom. The van der Waals surface area contributed by atoms with Crippen LogP contribution in [0.5, 0.6) is 0 Å². The third-order valence-electron chi connectivity index (χ3n) is 2.66. The second-order valence-electron chi connectivity index (χ2n) is 4.01. The highest BCUT2D eigenvalue weighted by Crippen LogP contribution is 2.19. The number of hydrogen-bond donors (Lipinski definition) is 3. The van der Waals surface area contributed by atoms with Crippen LogP contribution >= 0.6 is 0 Å². The molecule has 8 nitrogen and oxygen atoms in total. The maximum Gasteiger partial charge on any atom is 0.294 e. The zero-order valence-corrected chi connectivity index (χ0v) is 9.25. The van der Waals surface area contributed by atoms with Crippen molar-refractivity contribution in [1.82, 2.24) is 20.1 Å². The Balaban J connectivity index is 2.21. The summed E-state index contributed by atoms with van der Waals surface area (Å²) < 4.78 is 0. The van der Waals surface area contributed by atoms with Gasteiger partial charge in [-0.05, 0) is 6.92 Å². The molecule has 0 aromatic carbocycles. The molecule has 8 heteroatoms. The number of aliphatic hydroxyl groups is 1. The molecule has 1 aliphatic rings. The average molecular weight is 239 g/mol. The molecule has 2 atom stereocenters. The first kappa shape index (κ1) is 11.5. The van der Waals surface area contributed by atoms with E-state index >= 15 is 0 Å². The van der Waals surface area contributed by atoms with Crippen molar-refractivity contribution in [2.24, 2.45) is 5.73 Å². The number of H-pyrrole nitrogens is 1. The van der Waals surface area contributed by atoms with Gasteiger partial charge < -0.3 is 15.7 Å². The van der Waals surface area contributed by atoms with Crippen LogP contribution in [0.3, 0.4) is 0 Å². The first-order chi connectivity index (χ1) is 7.99. The van der Waals surface area contributed by atoms with Crippen molar-refractivity contribution >= 4 is 11.8 Å². The van der Waals surface area contributed by atoms with E-state index in [0.717, 1.165) is 0 Å². The average Bonchev–Trinajstić information content (AvgIpc) is 2.83. The molecule has 4 N–H and O–H groups in total. The van der Waals surface area contributed by atoms with Gasteiger partial charge in [-0.1, -0.05) is 0 Å². The molecule has 1 saturated heterocycles. The van der Waals surface area contributed by atoms with Crippen LogP contribution in [0.15, 0.2) is 0 Å². The first-order valence-corrected chi connectivity index (χ1v) is 5.16. The third-order valence-corrected chi connectivity index (χ3v) is 2.66. The number of carbonyl (C=O) groups is 2. The van der Waals surface area contributed by atoms with Crippen LogP contribution in [0.2, 0.25) is 0 Å². The number of primary amides is 1. The van der Waals surface area contributed by atoms with Gasteiger partial charge in [0.25, 0.3) is 5.91 Å². The Bertz CT molecular complexity index is 457. The molecule has 1 aromatic rings. The molecule has 1 fully saturated rings. The number of likely N-dealkylation sites (tertiary alicyclic amines) is 1. The van der Waals surface area contributed by atoms with Crippen molar-refractivity contribution in [3.63, 3.8) is 0 Å². The molecule has 0 bridgehead atoms. The summed E-state index contributed by atoms with van der Waals surface area (Å²) in [6, 6.07) is -0.795. The summed E-state index contributed by atoms with van der Waals surface area (Å²) in [6.45, 7) is 1.73. The Kier molecular flexibility index (Phi) is 2.80. The first-order valence-electron chi connectivity index (χ1n) is 5.16. The lowest BCUT2D eigenvalue weighted by Crippen LogP contribution is -2.44. The number of nitrogens with zero attached hydrogens (tertiary/aromatic N) is 3. The molecule has 2 unspecified atom stereocenters. The maximum absolute atomic E-state index is 12.0. The number of rotatable bonds is 2. The summed E-state index contributed by atoms with van der Waals surface area (Å²) in [6.07, 6.45) is -0.582. The normalized spacial score (nSPS) is 24.0. The Morgan fingerprint density at radius 3 is 2.82 bits per heavy atom. The van der Waals surface area contributed by atoms with E-state index in [4.69, 9.17) is 5.73 Å². The number of carbonyl (C=O) groups excluding carboxylic acids is 2. The summed E-state index contributed by atoms with van der Waals surface area (Å²) in [7, 11) is 0. The standard InChI is InChI=1S/C9H13N5O3/c1-4-11-8(13-12-4)9(17)14-3-5(15)2-6(14)7(10)16/h5-6,15H,2-3H2,1H3,(H2,10,16)(H,11,12,13). The number of β-amino-alcohol motifs (C(OH)–C–C–N with tert-alkyl or cyclic N) is 1. The van der Waals surface area contributed by atoms with E-state index in [0.29, 0.717) is 5.82 Å². The van der Waals surface area contributed by atoms with Gasteiger partial charge in [-0.15, -0.1) is 5.10 Å². The predicted molar refractivity (Wildman–Crippen MR) is 55.8 cm³/mol. The molecular formula is C9H13N5O3.